The van der Waals surface area contributed by atoms with Crippen molar-refractivity contribution in [2.45, 2.75) is 12.8 Å². The number of hydrogen-bond donors (Lipinski definition) is 2. The normalized spacial score (nSPS) is 9.95. The molecule has 0 aliphatic carbocycles. The summed E-state index contributed by atoms with van der Waals surface area (Å²) < 4.78 is 12.7. The molecule has 0 heterocycles. The van der Waals surface area contributed by atoms with E-state index in [1.165, 1.54) is 12.1 Å². The van der Waals surface area contributed by atoms with Crippen LogP contribution in [0.5, 0.6) is 0 Å². The fraction of sp³-hybridized carbons (Fsp3) is 0.125. The van der Waals surface area contributed by atoms with Crippen molar-refractivity contribution in [3.63, 3.8) is 0 Å². The van der Waals surface area contributed by atoms with Crippen LogP contribution in [-0.2, 0) is 11.2 Å². The van der Waals surface area contributed by atoms with Gasteiger partial charge in [-0.15, -0.1) is 0 Å². The molecule has 2 rings (SSSR count). The Morgan fingerprint density at radius 2 is 1.57 bits per heavy atom. The predicted octanol–water partition coefficient (Wildman–Crippen LogP) is 2.22. The second-order valence-electron chi connectivity index (χ2n) is 4.49. The fourth-order valence-corrected chi connectivity index (χ4v) is 1.76. The van der Waals surface area contributed by atoms with E-state index in [1.807, 2.05) is 0 Å². The zero-order valence-electron chi connectivity index (χ0n) is 11.3. The maximum Gasteiger partial charge on any atom is 0.269 e. The van der Waals surface area contributed by atoms with Crippen molar-refractivity contribution in [3.05, 3.63) is 71.5 Å². The first kappa shape index (κ1) is 14.7. The van der Waals surface area contributed by atoms with Crippen LogP contribution in [-0.4, -0.2) is 11.8 Å². The van der Waals surface area contributed by atoms with E-state index in [0.717, 1.165) is 5.56 Å². The first-order valence-electron chi connectivity index (χ1n) is 6.54. The van der Waals surface area contributed by atoms with Crippen molar-refractivity contribution >= 4 is 11.8 Å². The lowest BCUT2D eigenvalue weighted by Crippen LogP contribution is -2.41. The summed E-state index contributed by atoms with van der Waals surface area (Å²) in [5.41, 5.74) is 6.03. The molecule has 2 N–H and O–H groups in total. The molecule has 0 unspecified atom stereocenters. The maximum absolute atomic E-state index is 12.7. The summed E-state index contributed by atoms with van der Waals surface area (Å²) in [6.45, 7) is 0. The van der Waals surface area contributed by atoms with Crippen LogP contribution in [0, 0.1) is 5.82 Å². The molecule has 5 heteroatoms. The van der Waals surface area contributed by atoms with Crippen molar-refractivity contribution in [2.75, 3.05) is 0 Å². The molecule has 0 atom stereocenters. The summed E-state index contributed by atoms with van der Waals surface area (Å²) in [5.74, 6) is -0.979. The van der Waals surface area contributed by atoms with Gasteiger partial charge in [-0.05, 0) is 36.2 Å². The molecule has 4 nitrogen and oxygen atoms in total. The van der Waals surface area contributed by atoms with Gasteiger partial charge in [-0.1, -0.05) is 30.3 Å². The molecule has 0 radical (unpaired) electrons. The van der Waals surface area contributed by atoms with Gasteiger partial charge >= 0.3 is 0 Å². The lowest BCUT2D eigenvalue weighted by molar-refractivity contribution is -0.121. The highest BCUT2D eigenvalue weighted by Gasteiger charge is 2.06. The number of nitrogens with one attached hydrogen (secondary N) is 2. The molecule has 0 aliphatic rings. The van der Waals surface area contributed by atoms with Crippen LogP contribution >= 0.6 is 0 Å². The van der Waals surface area contributed by atoms with E-state index in [2.05, 4.69) is 10.9 Å². The van der Waals surface area contributed by atoms with Gasteiger partial charge in [0.15, 0.2) is 0 Å². The molecule has 108 valence electrons. The fourth-order valence-electron chi connectivity index (χ4n) is 1.76. The van der Waals surface area contributed by atoms with E-state index >= 15 is 0 Å². The van der Waals surface area contributed by atoms with Gasteiger partial charge in [0.2, 0.25) is 5.91 Å². The van der Waals surface area contributed by atoms with Crippen LogP contribution in [0.25, 0.3) is 0 Å². The van der Waals surface area contributed by atoms with E-state index in [9.17, 15) is 14.0 Å². The predicted molar refractivity (Wildman–Crippen MR) is 76.8 cm³/mol. The standard InChI is InChI=1S/C16H15FN2O2/c17-14-9-6-12(7-10-14)8-11-15(20)18-19-16(21)13-4-2-1-3-5-13/h1-7,9-10H,8,11H2,(H,18,20)(H,19,21). The second-order valence-corrected chi connectivity index (χ2v) is 4.49. The van der Waals surface area contributed by atoms with Gasteiger partial charge in [0.1, 0.15) is 5.82 Å². The van der Waals surface area contributed by atoms with Gasteiger partial charge in [-0.25, -0.2) is 4.39 Å². The molecule has 0 bridgehead atoms. The Balaban J connectivity index is 1.75. The number of aryl methyl sites for hydroxylation is 1. The third kappa shape index (κ3) is 4.72. The molecule has 2 amide bonds. The summed E-state index contributed by atoms with van der Waals surface area (Å²) in [5, 5.41) is 0. The van der Waals surface area contributed by atoms with E-state index in [-0.39, 0.29) is 24.1 Å². The Bertz CT molecular complexity index is 612. The van der Waals surface area contributed by atoms with E-state index in [0.29, 0.717) is 12.0 Å². The second kappa shape index (κ2) is 7.19. The number of carbonyl (C=O) groups excluding carboxylic acids is 2. The van der Waals surface area contributed by atoms with Gasteiger partial charge in [-0.2, -0.15) is 0 Å². The van der Waals surface area contributed by atoms with Gasteiger partial charge < -0.3 is 0 Å². The number of benzene rings is 2. The topological polar surface area (TPSA) is 58.2 Å². The van der Waals surface area contributed by atoms with Crippen molar-refractivity contribution in [1.82, 2.24) is 10.9 Å². The molecule has 21 heavy (non-hydrogen) atoms. The molecule has 0 aliphatic heterocycles. The molecule has 0 saturated heterocycles. The van der Waals surface area contributed by atoms with Crippen LogP contribution in [0.15, 0.2) is 54.6 Å². The minimum atomic E-state index is -0.370. The van der Waals surface area contributed by atoms with Gasteiger partial charge in [0, 0.05) is 12.0 Å². The Morgan fingerprint density at radius 3 is 2.24 bits per heavy atom. The Hall–Kier alpha value is -2.69. The minimum Gasteiger partial charge on any atom is -0.273 e. The molecule has 0 aromatic heterocycles. The summed E-state index contributed by atoms with van der Waals surface area (Å²) in [4.78, 5) is 23.3. The lowest BCUT2D eigenvalue weighted by Gasteiger charge is -2.07. The Kier molecular flexibility index (Phi) is 5.04. The monoisotopic (exact) mass is 286 g/mol. The smallest absolute Gasteiger partial charge is 0.269 e. The summed E-state index contributed by atoms with van der Waals surface area (Å²) in [7, 11) is 0. The van der Waals surface area contributed by atoms with E-state index in [4.69, 9.17) is 0 Å². The SMILES string of the molecule is O=C(CCc1ccc(F)cc1)NNC(=O)c1ccccc1. The van der Waals surface area contributed by atoms with E-state index < -0.39 is 0 Å². The number of hydrogen-bond acceptors (Lipinski definition) is 2. The summed E-state index contributed by atoms with van der Waals surface area (Å²) >= 11 is 0. The minimum absolute atomic E-state index is 0.209. The first-order chi connectivity index (χ1) is 10.1. The van der Waals surface area contributed by atoms with Crippen LogP contribution < -0.4 is 10.9 Å². The van der Waals surface area contributed by atoms with Crippen LogP contribution in [0.4, 0.5) is 4.39 Å². The molecular formula is C16H15FN2O2. The zero-order valence-corrected chi connectivity index (χ0v) is 11.3. The number of hydrazine groups is 1. The first-order valence-corrected chi connectivity index (χ1v) is 6.54. The van der Waals surface area contributed by atoms with Crippen molar-refractivity contribution < 1.29 is 14.0 Å². The largest absolute Gasteiger partial charge is 0.273 e. The number of amides is 2. The zero-order chi connectivity index (χ0) is 15.1. The number of carbonyl (C=O) groups is 2. The molecule has 0 fully saturated rings. The highest BCUT2D eigenvalue weighted by molar-refractivity contribution is 5.95. The summed E-state index contributed by atoms with van der Waals surface area (Å²) in [6, 6.07) is 14.6. The average Bonchev–Trinajstić information content (AvgIpc) is 2.53. The van der Waals surface area contributed by atoms with Crippen molar-refractivity contribution in [1.29, 1.82) is 0 Å². The van der Waals surface area contributed by atoms with Gasteiger partial charge in [0.05, 0.1) is 0 Å². The summed E-state index contributed by atoms with van der Waals surface area (Å²) in [6.07, 6.45) is 0.689. The Labute approximate surface area is 122 Å². The quantitative estimate of drug-likeness (QED) is 0.847. The third-order valence-corrected chi connectivity index (χ3v) is 2.91. The number of rotatable bonds is 4. The highest BCUT2D eigenvalue weighted by atomic mass is 19.1. The molecule has 0 saturated carbocycles. The number of halogens is 1. The highest BCUT2D eigenvalue weighted by Crippen LogP contribution is 2.05. The Morgan fingerprint density at radius 1 is 0.905 bits per heavy atom. The van der Waals surface area contributed by atoms with Gasteiger partial charge in [0.25, 0.3) is 5.91 Å². The average molecular weight is 286 g/mol. The van der Waals surface area contributed by atoms with Crippen molar-refractivity contribution in [2.24, 2.45) is 0 Å². The molecule has 2 aromatic rings. The van der Waals surface area contributed by atoms with Gasteiger partial charge in [-0.3, -0.25) is 20.4 Å². The maximum atomic E-state index is 12.7. The van der Waals surface area contributed by atoms with E-state index in [1.54, 1.807) is 42.5 Å². The molecular weight excluding hydrogens is 271 g/mol. The third-order valence-electron chi connectivity index (χ3n) is 2.91. The van der Waals surface area contributed by atoms with Crippen molar-refractivity contribution in [3.8, 4) is 0 Å². The van der Waals surface area contributed by atoms with Crippen LogP contribution in [0.3, 0.4) is 0 Å². The molecule has 0 spiro atoms. The molecule has 2 aromatic carbocycles. The lowest BCUT2D eigenvalue weighted by atomic mass is 10.1. The van der Waals surface area contributed by atoms with Crippen LogP contribution in [0.1, 0.15) is 22.3 Å². The van der Waals surface area contributed by atoms with Crippen LogP contribution in [0.2, 0.25) is 0 Å².